The van der Waals surface area contributed by atoms with E-state index in [1.54, 1.807) is 0 Å². The number of para-hydroxylation sites is 1. The Morgan fingerprint density at radius 2 is 2.17 bits per heavy atom. The molecular weight excluding hydrogens is 227 g/mol. The summed E-state index contributed by atoms with van der Waals surface area (Å²) in [7, 11) is 0. The Morgan fingerprint density at radius 3 is 2.94 bits per heavy atom. The second-order valence-corrected chi connectivity index (χ2v) is 5.59. The highest BCUT2D eigenvalue weighted by Crippen LogP contribution is 2.30. The van der Waals surface area contributed by atoms with Crippen LogP contribution in [0, 0.1) is 5.92 Å². The Morgan fingerprint density at radius 1 is 1.39 bits per heavy atom. The van der Waals surface area contributed by atoms with Crippen LogP contribution in [-0.4, -0.2) is 22.7 Å². The molecule has 2 heterocycles. The Kier molecular flexibility index (Phi) is 2.86. The van der Waals surface area contributed by atoms with Gasteiger partial charge in [-0.05, 0) is 17.5 Å². The highest BCUT2D eigenvalue weighted by atomic mass is 19.1. The van der Waals surface area contributed by atoms with Crippen molar-refractivity contribution in [3.63, 3.8) is 0 Å². The van der Waals surface area contributed by atoms with Gasteiger partial charge in [0.1, 0.15) is 0 Å². The molecule has 1 aromatic heterocycles. The van der Waals surface area contributed by atoms with Gasteiger partial charge in [0, 0.05) is 36.1 Å². The number of hydrogen-bond donors (Lipinski definition) is 1. The van der Waals surface area contributed by atoms with Crippen LogP contribution in [-0.2, 0) is 13.0 Å². The zero-order chi connectivity index (χ0) is 12.7. The van der Waals surface area contributed by atoms with E-state index in [9.17, 15) is 4.39 Å². The molecule has 1 aliphatic rings. The molecule has 1 atom stereocenters. The molecule has 0 saturated heterocycles. The van der Waals surface area contributed by atoms with Crippen molar-refractivity contribution in [3.05, 3.63) is 35.5 Å². The Bertz CT molecular complexity index is 559. The molecule has 1 N–H and O–H groups in total. The van der Waals surface area contributed by atoms with E-state index in [2.05, 4.69) is 31.0 Å². The van der Waals surface area contributed by atoms with Gasteiger partial charge in [-0.1, -0.05) is 32.0 Å². The van der Waals surface area contributed by atoms with E-state index in [1.807, 2.05) is 17.0 Å². The number of aromatic nitrogens is 1. The maximum Gasteiger partial charge on any atom is 0.158 e. The molecule has 3 rings (SSSR count). The van der Waals surface area contributed by atoms with Crippen molar-refractivity contribution in [2.75, 3.05) is 6.54 Å². The smallest absolute Gasteiger partial charge is 0.158 e. The third-order valence-corrected chi connectivity index (χ3v) is 3.63. The highest BCUT2D eigenvalue weighted by molar-refractivity contribution is 5.84. The molecule has 2 nitrogen and oxygen atoms in total. The monoisotopic (exact) mass is 246 g/mol. The summed E-state index contributed by atoms with van der Waals surface area (Å²) in [6.07, 6.45) is -0.342. The molecule has 18 heavy (non-hydrogen) atoms. The second kappa shape index (κ2) is 4.39. The fraction of sp³-hybridized carbons (Fsp3) is 0.467. The number of alkyl halides is 1. The van der Waals surface area contributed by atoms with Crippen LogP contribution in [0.4, 0.5) is 4.39 Å². The molecule has 2 aromatic rings. The Labute approximate surface area is 107 Å². The molecule has 3 heteroatoms. The number of hydrogen-bond acceptors (Lipinski definition) is 1. The summed E-state index contributed by atoms with van der Waals surface area (Å²) in [6.45, 7) is 5.78. The number of aromatic amines is 1. The number of rotatable bonds is 2. The summed E-state index contributed by atoms with van der Waals surface area (Å²) in [5.41, 5.74) is 3.48. The van der Waals surface area contributed by atoms with Crippen molar-refractivity contribution in [3.8, 4) is 0 Å². The van der Waals surface area contributed by atoms with E-state index in [1.165, 1.54) is 11.1 Å². The van der Waals surface area contributed by atoms with Crippen LogP contribution < -0.4 is 0 Å². The van der Waals surface area contributed by atoms with Crippen LogP contribution >= 0.6 is 0 Å². The number of halogens is 1. The minimum absolute atomic E-state index is 0.495. The molecule has 1 unspecified atom stereocenters. The van der Waals surface area contributed by atoms with Crippen molar-refractivity contribution in [1.82, 2.24) is 9.88 Å². The molecule has 0 bridgehead atoms. The van der Waals surface area contributed by atoms with E-state index in [0.717, 1.165) is 17.6 Å². The van der Waals surface area contributed by atoms with E-state index in [4.69, 9.17) is 0 Å². The summed E-state index contributed by atoms with van der Waals surface area (Å²) in [5.74, 6) is 0.495. The van der Waals surface area contributed by atoms with Crippen molar-refractivity contribution >= 4 is 10.9 Å². The van der Waals surface area contributed by atoms with Crippen LogP contribution in [0.25, 0.3) is 10.9 Å². The summed E-state index contributed by atoms with van der Waals surface area (Å²) in [6, 6.07) is 8.18. The predicted molar refractivity (Wildman–Crippen MR) is 72.1 cm³/mol. The predicted octanol–water partition coefficient (Wildman–Crippen LogP) is 3.48. The average molecular weight is 246 g/mol. The van der Waals surface area contributed by atoms with Gasteiger partial charge in [0.25, 0.3) is 0 Å². The van der Waals surface area contributed by atoms with Gasteiger partial charge in [-0.2, -0.15) is 0 Å². The number of nitrogens with zero attached hydrogens (tertiary/aromatic N) is 1. The normalized spacial score (nSPS) is 20.6. The number of benzene rings is 1. The van der Waals surface area contributed by atoms with Crippen molar-refractivity contribution in [2.45, 2.75) is 33.1 Å². The van der Waals surface area contributed by atoms with Crippen LogP contribution in [0.2, 0.25) is 0 Å². The Balaban J connectivity index is 1.97. The molecule has 0 spiro atoms. The molecule has 0 saturated carbocycles. The summed E-state index contributed by atoms with van der Waals surface area (Å²) in [5, 5.41) is 1.18. The van der Waals surface area contributed by atoms with Crippen LogP contribution in [0.5, 0.6) is 0 Å². The minimum atomic E-state index is -0.848. The highest BCUT2D eigenvalue weighted by Gasteiger charge is 2.28. The molecule has 0 aliphatic carbocycles. The van der Waals surface area contributed by atoms with Gasteiger partial charge in [0.05, 0.1) is 0 Å². The van der Waals surface area contributed by atoms with Crippen LogP contribution in [0.3, 0.4) is 0 Å². The first kappa shape index (κ1) is 11.7. The molecule has 1 aromatic carbocycles. The fourth-order valence-electron chi connectivity index (χ4n) is 2.87. The van der Waals surface area contributed by atoms with Crippen LogP contribution in [0.15, 0.2) is 24.3 Å². The maximum absolute atomic E-state index is 14.2. The van der Waals surface area contributed by atoms with Gasteiger partial charge in [-0.3, -0.25) is 4.90 Å². The zero-order valence-electron chi connectivity index (χ0n) is 10.9. The lowest BCUT2D eigenvalue weighted by molar-refractivity contribution is 0.0526. The first-order valence-corrected chi connectivity index (χ1v) is 6.61. The topological polar surface area (TPSA) is 19.0 Å². The van der Waals surface area contributed by atoms with E-state index in [-0.39, 0.29) is 0 Å². The van der Waals surface area contributed by atoms with Gasteiger partial charge in [0.2, 0.25) is 0 Å². The quantitative estimate of drug-likeness (QED) is 0.804. The van der Waals surface area contributed by atoms with Gasteiger partial charge in [-0.25, -0.2) is 4.39 Å². The molecule has 0 fully saturated rings. The SMILES string of the molecule is CC(C)CN1Cc2[nH]c3ccccc3c2CC1F. The summed E-state index contributed by atoms with van der Waals surface area (Å²) in [4.78, 5) is 5.36. The molecule has 1 aliphatic heterocycles. The van der Waals surface area contributed by atoms with E-state index >= 15 is 0 Å². The third kappa shape index (κ3) is 1.93. The van der Waals surface area contributed by atoms with Gasteiger partial charge in [0.15, 0.2) is 6.30 Å². The van der Waals surface area contributed by atoms with Crippen molar-refractivity contribution in [2.24, 2.45) is 5.92 Å². The van der Waals surface area contributed by atoms with Crippen molar-refractivity contribution < 1.29 is 4.39 Å². The number of H-pyrrole nitrogens is 1. The second-order valence-electron chi connectivity index (χ2n) is 5.59. The van der Waals surface area contributed by atoms with E-state index in [0.29, 0.717) is 18.9 Å². The largest absolute Gasteiger partial charge is 0.357 e. The minimum Gasteiger partial charge on any atom is -0.357 e. The lowest BCUT2D eigenvalue weighted by Gasteiger charge is -2.31. The molecule has 96 valence electrons. The fourth-order valence-corrected chi connectivity index (χ4v) is 2.87. The van der Waals surface area contributed by atoms with E-state index < -0.39 is 6.30 Å². The van der Waals surface area contributed by atoms with Crippen molar-refractivity contribution in [1.29, 1.82) is 0 Å². The number of fused-ring (bicyclic) bond motifs is 3. The maximum atomic E-state index is 14.2. The van der Waals surface area contributed by atoms with Gasteiger partial charge < -0.3 is 4.98 Å². The molecular formula is C15H19FN2. The third-order valence-electron chi connectivity index (χ3n) is 3.63. The zero-order valence-corrected chi connectivity index (χ0v) is 10.9. The first-order valence-electron chi connectivity index (χ1n) is 6.61. The lowest BCUT2D eigenvalue weighted by atomic mass is 10.0. The van der Waals surface area contributed by atoms with Gasteiger partial charge >= 0.3 is 0 Å². The van der Waals surface area contributed by atoms with Gasteiger partial charge in [-0.15, -0.1) is 0 Å². The number of nitrogens with one attached hydrogen (secondary N) is 1. The average Bonchev–Trinajstić information content (AvgIpc) is 2.67. The Hall–Kier alpha value is -1.35. The standard InChI is InChI=1S/C15H19FN2/c1-10(2)8-18-9-14-12(7-15(18)16)11-5-3-4-6-13(11)17-14/h3-6,10,15,17H,7-9H2,1-2H3. The summed E-state index contributed by atoms with van der Waals surface area (Å²) < 4.78 is 14.2. The summed E-state index contributed by atoms with van der Waals surface area (Å²) >= 11 is 0. The molecule has 0 amide bonds. The molecule has 0 radical (unpaired) electrons. The first-order chi connectivity index (χ1) is 8.65. The van der Waals surface area contributed by atoms with Crippen LogP contribution in [0.1, 0.15) is 25.1 Å². The lowest BCUT2D eigenvalue weighted by Crippen LogP contribution is -2.39.